The Kier molecular flexibility index (Phi) is 7.49. The Balaban J connectivity index is 1.50. The number of hydrazone groups is 1. The van der Waals surface area contributed by atoms with Gasteiger partial charge in [0.25, 0.3) is 11.6 Å². The fourth-order valence-corrected chi connectivity index (χ4v) is 4.75. The van der Waals surface area contributed by atoms with Crippen LogP contribution in [0.25, 0.3) is 0 Å². The van der Waals surface area contributed by atoms with Gasteiger partial charge in [-0.2, -0.15) is 9.41 Å². The van der Waals surface area contributed by atoms with Crippen LogP contribution in [0.2, 0.25) is 0 Å². The number of nitrogens with one attached hydrogen (secondary N) is 1. The number of carbonyl (C=O) groups excluding carboxylic acids is 1. The predicted molar refractivity (Wildman–Crippen MR) is 118 cm³/mol. The normalized spacial score (nSPS) is 15.8. The van der Waals surface area contributed by atoms with Crippen LogP contribution in [0, 0.1) is 10.1 Å². The molecule has 3 rings (SSSR count). The number of hydrogen-bond acceptors (Lipinski definition) is 7. The zero-order valence-electron chi connectivity index (χ0n) is 16.3. The van der Waals surface area contributed by atoms with Crippen LogP contribution in [0.5, 0.6) is 0 Å². The lowest BCUT2D eigenvalue weighted by Gasteiger charge is -2.33. The van der Waals surface area contributed by atoms with E-state index in [1.807, 2.05) is 4.90 Å². The first kappa shape index (κ1) is 23.0. The van der Waals surface area contributed by atoms with Gasteiger partial charge < -0.3 is 0 Å². The minimum Gasteiger partial charge on any atom is -0.292 e. The second kappa shape index (κ2) is 10.1. The van der Waals surface area contributed by atoms with Gasteiger partial charge in [-0.1, -0.05) is 28.1 Å². The molecule has 0 unspecified atom stereocenters. The summed E-state index contributed by atoms with van der Waals surface area (Å²) in [4.78, 5) is 24.6. The van der Waals surface area contributed by atoms with Gasteiger partial charge in [0, 0.05) is 36.7 Å². The van der Waals surface area contributed by atoms with Crippen molar-refractivity contribution >= 4 is 43.8 Å². The summed E-state index contributed by atoms with van der Waals surface area (Å²) in [6.45, 7) is 1.38. The lowest BCUT2D eigenvalue weighted by Crippen LogP contribution is -2.50. The molecule has 1 fully saturated rings. The van der Waals surface area contributed by atoms with Gasteiger partial charge in [-0.05, 0) is 30.3 Å². The van der Waals surface area contributed by atoms with Crippen molar-refractivity contribution in [1.82, 2.24) is 14.6 Å². The van der Waals surface area contributed by atoms with E-state index in [1.165, 1.54) is 22.7 Å². The van der Waals surface area contributed by atoms with E-state index in [9.17, 15) is 23.3 Å². The molecule has 1 N–H and O–H groups in total. The quantitative estimate of drug-likeness (QED) is 0.344. The first-order valence-corrected chi connectivity index (χ1v) is 11.5. The van der Waals surface area contributed by atoms with Crippen molar-refractivity contribution in [1.29, 1.82) is 0 Å². The molecule has 1 aliphatic rings. The zero-order chi connectivity index (χ0) is 22.4. The fraction of sp³-hybridized carbons (Fsp3) is 0.263. The molecular formula is C19H20BrN5O5S. The second-order valence-electron chi connectivity index (χ2n) is 6.74. The molecule has 12 heteroatoms. The molecule has 31 heavy (non-hydrogen) atoms. The van der Waals surface area contributed by atoms with Crippen LogP contribution < -0.4 is 5.43 Å². The summed E-state index contributed by atoms with van der Waals surface area (Å²) in [5.41, 5.74) is 2.52. The topological polar surface area (TPSA) is 125 Å². The largest absolute Gasteiger partial charge is 0.292 e. The second-order valence-corrected chi connectivity index (χ2v) is 9.60. The van der Waals surface area contributed by atoms with Crippen LogP contribution in [0.3, 0.4) is 0 Å². The predicted octanol–water partition coefficient (Wildman–Crippen LogP) is 1.81. The fourth-order valence-electron chi connectivity index (χ4n) is 3.06. The molecule has 164 valence electrons. The van der Waals surface area contributed by atoms with E-state index in [-0.39, 0.29) is 41.7 Å². The van der Waals surface area contributed by atoms with Crippen LogP contribution in [0.15, 0.2) is 63.0 Å². The molecule has 0 spiro atoms. The maximum absolute atomic E-state index is 12.7. The van der Waals surface area contributed by atoms with E-state index >= 15 is 0 Å². The number of para-hydroxylation sites is 1. The molecule has 0 aliphatic carbocycles. The number of carbonyl (C=O) groups is 1. The number of nitro benzene ring substituents is 1. The van der Waals surface area contributed by atoms with Crippen LogP contribution in [-0.4, -0.2) is 67.4 Å². The summed E-state index contributed by atoms with van der Waals surface area (Å²) in [7, 11) is -3.58. The third kappa shape index (κ3) is 5.94. The molecule has 0 bridgehead atoms. The molecule has 0 atom stereocenters. The van der Waals surface area contributed by atoms with Gasteiger partial charge in [0.2, 0.25) is 10.0 Å². The number of halogens is 1. The number of nitro groups is 1. The van der Waals surface area contributed by atoms with E-state index in [2.05, 4.69) is 26.5 Å². The molecule has 1 aliphatic heterocycles. The van der Waals surface area contributed by atoms with Crippen LogP contribution >= 0.6 is 15.9 Å². The third-order valence-electron chi connectivity index (χ3n) is 4.68. The first-order valence-electron chi connectivity index (χ1n) is 9.31. The number of piperazine rings is 1. The van der Waals surface area contributed by atoms with Gasteiger partial charge in [0.15, 0.2) is 0 Å². The minimum absolute atomic E-state index is 0.0421. The first-order chi connectivity index (χ1) is 14.8. The zero-order valence-corrected chi connectivity index (χ0v) is 18.8. The van der Waals surface area contributed by atoms with Crippen LogP contribution in [-0.2, 0) is 14.8 Å². The minimum atomic E-state index is -3.58. The average Bonchev–Trinajstić information content (AvgIpc) is 2.74. The summed E-state index contributed by atoms with van der Waals surface area (Å²) < 4.78 is 27.6. The number of sulfonamides is 1. The Morgan fingerprint density at radius 2 is 1.77 bits per heavy atom. The van der Waals surface area contributed by atoms with E-state index in [1.54, 1.807) is 36.4 Å². The van der Waals surface area contributed by atoms with E-state index in [4.69, 9.17) is 0 Å². The smallest absolute Gasteiger partial charge is 0.278 e. The van der Waals surface area contributed by atoms with Crippen molar-refractivity contribution in [2.45, 2.75) is 4.90 Å². The van der Waals surface area contributed by atoms with Crippen molar-refractivity contribution in [2.75, 3.05) is 32.7 Å². The van der Waals surface area contributed by atoms with Gasteiger partial charge in [0.1, 0.15) is 0 Å². The number of hydrogen-bond donors (Lipinski definition) is 1. The molecule has 2 aromatic rings. The maximum Gasteiger partial charge on any atom is 0.278 e. The van der Waals surface area contributed by atoms with Gasteiger partial charge in [0.05, 0.1) is 28.1 Å². The van der Waals surface area contributed by atoms with E-state index in [0.29, 0.717) is 13.1 Å². The molecule has 1 saturated heterocycles. The van der Waals surface area contributed by atoms with Gasteiger partial charge in [-0.25, -0.2) is 13.8 Å². The average molecular weight is 510 g/mol. The van der Waals surface area contributed by atoms with Crippen molar-refractivity contribution < 1.29 is 18.1 Å². The highest BCUT2D eigenvalue weighted by Crippen LogP contribution is 2.20. The lowest BCUT2D eigenvalue weighted by molar-refractivity contribution is -0.385. The Hall–Kier alpha value is -2.67. The maximum atomic E-state index is 12.7. The van der Waals surface area contributed by atoms with Crippen LogP contribution in [0.1, 0.15) is 5.56 Å². The highest BCUT2D eigenvalue weighted by molar-refractivity contribution is 9.10. The highest BCUT2D eigenvalue weighted by Gasteiger charge is 2.29. The molecule has 0 aromatic heterocycles. The van der Waals surface area contributed by atoms with Crippen LogP contribution in [0.4, 0.5) is 5.69 Å². The summed E-state index contributed by atoms with van der Waals surface area (Å²) in [6, 6.07) is 12.5. The van der Waals surface area contributed by atoms with Crippen molar-refractivity contribution in [3.05, 3.63) is 68.7 Å². The van der Waals surface area contributed by atoms with Crippen molar-refractivity contribution in [3.8, 4) is 0 Å². The standard InChI is InChI=1S/C19H20BrN5O5S/c20-16-5-7-17(8-6-16)31(29,30)24-11-9-23(10-12-24)14-19(26)22-21-13-15-3-1-2-4-18(15)25(27)28/h1-8,13H,9-12,14H2,(H,22,26)/b21-13+. The number of benzene rings is 2. The monoisotopic (exact) mass is 509 g/mol. The molecule has 0 radical (unpaired) electrons. The lowest BCUT2D eigenvalue weighted by atomic mass is 10.2. The van der Waals surface area contributed by atoms with E-state index < -0.39 is 14.9 Å². The molecule has 2 aromatic carbocycles. The molecule has 1 amide bonds. The molecule has 10 nitrogen and oxygen atoms in total. The summed E-state index contributed by atoms with van der Waals surface area (Å²) in [5, 5.41) is 14.8. The molecule has 0 saturated carbocycles. The summed E-state index contributed by atoms with van der Waals surface area (Å²) >= 11 is 3.29. The van der Waals surface area contributed by atoms with Crippen molar-refractivity contribution in [3.63, 3.8) is 0 Å². The van der Waals surface area contributed by atoms with E-state index in [0.717, 1.165) is 4.47 Å². The Morgan fingerprint density at radius 1 is 1.13 bits per heavy atom. The Morgan fingerprint density at radius 3 is 2.42 bits per heavy atom. The Bertz CT molecular complexity index is 1080. The number of nitrogens with zero attached hydrogens (tertiary/aromatic N) is 4. The van der Waals surface area contributed by atoms with Crippen molar-refractivity contribution in [2.24, 2.45) is 5.10 Å². The highest BCUT2D eigenvalue weighted by atomic mass is 79.9. The Labute approximate surface area is 187 Å². The third-order valence-corrected chi connectivity index (χ3v) is 7.12. The number of rotatable bonds is 7. The summed E-state index contributed by atoms with van der Waals surface area (Å²) in [6.07, 6.45) is 1.22. The molecular weight excluding hydrogens is 490 g/mol. The van der Waals surface area contributed by atoms with Gasteiger partial charge in [-0.15, -0.1) is 0 Å². The summed E-state index contributed by atoms with van der Waals surface area (Å²) in [5.74, 6) is -0.390. The van der Waals surface area contributed by atoms with Gasteiger partial charge in [-0.3, -0.25) is 19.8 Å². The SMILES string of the molecule is O=C(CN1CCN(S(=O)(=O)c2ccc(Br)cc2)CC1)N/N=C/c1ccccc1[N+](=O)[O-]. The molecule has 1 heterocycles. The number of amides is 1. The van der Waals surface area contributed by atoms with Gasteiger partial charge >= 0.3 is 0 Å².